The zero-order valence-corrected chi connectivity index (χ0v) is 18.2. The molecule has 0 aromatic heterocycles. The normalized spacial score (nSPS) is 18.1. The van der Waals surface area contributed by atoms with Crippen LogP contribution in [0.5, 0.6) is 0 Å². The number of anilines is 1. The van der Waals surface area contributed by atoms with E-state index in [2.05, 4.69) is 25.1 Å². The summed E-state index contributed by atoms with van der Waals surface area (Å²) < 4.78 is 0. The van der Waals surface area contributed by atoms with Gasteiger partial charge in [0.2, 0.25) is 0 Å². The maximum absolute atomic E-state index is 13.8. The highest BCUT2D eigenvalue weighted by atomic mass is 16.2. The summed E-state index contributed by atoms with van der Waals surface area (Å²) in [5.74, 6) is -1.11. The Kier molecular flexibility index (Phi) is 4.46. The fourth-order valence-electron chi connectivity index (χ4n) is 4.77. The number of carbonyl (C=O) groups excluding carboxylic acids is 3. The van der Waals surface area contributed by atoms with Gasteiger partial charge in [0.25, 0.3) is 17.7 Å². The summed E-state index contributed by atoms with van der Waals surface area (Å²) in [6.45, 7) is 11.7. The summed E-state index contributed by atoms with van der Waals surface area (Å²) in [5.41, 5.74) is 5.19. The van der Waals surface area contributed by atoms with Crippen LogP contribution in [0, 0.1) is 13.8 Å². The number of fused-ring (bicyclic) bond motifs is 2. The molecule has 2 aromatic carbocycles. The van der Waals surface area contributed by atoms with E-state index in [4.69, 9.17) is 0 Å². The van der Waals surface area contributed by atoms with Crippen LogP contribution in [0.25, 0.3) is 5.57 Å². The van der Waals surface area contributed by atoms with Crippen molar-refractivity contribution >= 4 is 29.0 Å². The largest absolute Gasteiger partial charge is 0.301 e. The fourth-order valence-corrected chi connectivity index (χ4v) is 4.77. The van der Waals surface area contributed by atoms with Crippen LogP contribution in [0.15, 0.2) is 42.5 Å². The van der Waals surface area contributed by atoms with Crippen LogP contribution in [0.3, 0.4) is 0 Å². The zero-order chi connectivity index (χ0) is 22.0. The zero-order valence-electron chi connectivity index (χ0n) is 18.2. The van der Waals surface area contributed by atoms with Crippen LogP contribution >= 0.6 is 0 Å². The topological polar surface area (TPSA) is 57.7 Å². The van der Waals surface area contributed by atoms with Gasteiger partial charge in [-0.1, -0.05) is 29.8 Å². The van der Waals surface area contributed by atoms with Crippen LogP contribution in [-0.4, -0.2) is 34.2 Å². The lowest BCUT2D eigenvalue weighted by Gasteiger charge is -2.44. The Morgan fingerprint density at radius 1 is 0.933 bits per heavy atom. The maximum atomic E-state index is 13.8. The molecular formula is C25H26N2O3. The van der Waals surface area contributed by atoms with E-state index < -0.39 is 23.4 Å². The first-order valence-corrected chi connectivity index (χ1v) is 10.2. The molecule has 154 valence electrons. The van der Waals surface area contributed by atoms with Crippen molar-refractivity contribution in [3.05, 3.63) is 70.3 Å². The highest BCUT2D eigenvalue weighted by molar-refractivity contribution is 6.23. The number of nitrogens with zero attached hydrogens (tertiary/aromatic N) is 2. The number of carbonyl (C=O) groups is 3. The molecule has 0 aliphatic carbocycles. The minimum absolute atomic E-state index is 0.272. The van der Waals surface area contributed by atoms with E-state index in [1.54, 1.807) is 36.1 Å². The molecule has 2 aliphatic rings. The van der Waals surface area contributed by atoms with E-state index in [-0.39, 0.29) is 5.91 Å². The van der Waals surface area contributed by atoms with Crippen molar-refractivity contribution in [1.82, 2.24) is 4.90 Å². The van der Waals surface area contributed by atoms with Crippen molar-refractivity contribution in [2.45, 2.75) is 53.1 Å². The van der Waals surface area contributed by atoms with Crippen molar-refractivity contribution in [1.29, 1.82) is 0 Å². The monoisotopic (exact) mass is 402 g/mol. The van der Waals surface area contributed by atoms with E-state index in [0.717, 1.165) is 32.9 Å². The number of allylic oxidation sites excluding steroid dienone is 1. The molecule has 5 heteroatoms. The second kappa shape index (κ2) is 6.66. The molecule has 3 amide bonds. The third-order valence-corrected chi connectivity index (χ3v) is 6.03. The number of hydrogen-bond donors (Lipinski definition) is 0. The Morgan fingerprint density at radius 2 is 1.50 bits per heavy atom. The molecule has 0 spiro atoms. The lowest BCUT2D eigenvalue weighted by molar-refractivity contribution is -0.122. The third kappa shape index (κ3) is 2.80. The molecule has 30 heavy (non-hydrogen) atoms. The summed E-state index contributed by atoms with van der Waals surface area (Å²) in [4.78, 5) is 42.5. The van der Waals surface area contributed by atoms with Crippen molar-refractivity contribution in [3.8, 4) is 0 Å². The van der Waals surface area contributed by atoms with Gasteiger partial charge in [0.1, 0.15) is 6.04 Å². The maximum Gasteiger partial charge on any atom is 0.262 e. The van der Waals surface area contributed by atoms with Crippen molar-refractivity contribution in [3.63, 3.8) is 0 Å². The number of imide groups is 1. The van der Waals surface area contributed by atoms with Gasteiger partial charge in [0.05, 0.1) is 22.4 Å². The first kappa shape index (κ1) is 20.1. The number of rotatable bonds is 2. The van der Waals surface area contributed by atoms with Crippen molar-refractivity contribution in [2.75, 3.05) is 4.90 Å². The SMILES string of the molecule is CC1=CC(C)(C)N(C(=O)C(C)N2C(=O)c3ccccc3C2=O)c2c(C)cc(C)cc21. The highest BCUT2D eigenvalue weighted by Crippen LogP contribution is 2.42. The predicted molar refractivity (Wildman–Crippen MR) is 118 cm³/mol. The van der Waals surface area contributed by atoms with Crippen LogP contribution in [0.2, 0.25) is 0 Å². The van der Waals surface area contributed by atoms with Gasteiger partial charge in [-0.2, -0.15) is 0 Å². The van der Waals surface area contributed by atoms with Gasteiger partial charge in [-0.15, -0.1) is 0 Å². The lowest BCUT2D eigenvalue weighted by atomic mass is 9.85. The molecule has 0 saturated heterocycles. The quantitative estimate of drug-likeness (QED) is 0.694. The first-order valence-electron chi connectivity index (χ1n) is 10.2. The van der Waals surface area contributed by atoms with Gasteiger partial charge in [0.15, 0.2) is 0 Å². The number of benzene rings is 2. The summed E-state index contributed by atoms with van der Waals surface area (Å²) in [6.07, 6.45) is 2.07. The number of amides is 3. The van der Waals surface area contributed by atoms with Gasteiger partial charge in [-0.05, 0) is 70.9 Å². The Morgan fingerprint density at radius 3 is 2.07 bits per heavy atom. The first-order chi connectivity index (χ1) is 14.0. The highest BCUT2D eigenvalue weighted by Gasteiger charge is 2.45. The smallest absolute Gasteiger partial charge is 0.262 e. The standard InChI is InChI=1S/C25H26N2O3/c1-14-11-15(2)21-20(12-14)16(3)13-25(5,6)27(21)22(28)17(4)26-23(29)18-9-7-8-10-19(18)24(26)30/h7-13,17H,1-6H3. The summed E-state index contributed by atoms with van der Waals surface area (Å²) >= 11 is 0. The third-order valence-electron chi connectivity index (χ3n) is 6.03. The molecule has 1 unspecified atom stereocenters. The van der Waals surface area contributed by atoms with Crippen LogP contribution in [-0.2, 0) is 4.79 Å². The van der Waals surface area contributed by atoms with E-state index in [0.29, 0.717) is 11.1 Å². The molecule has 5 nitrogen and oxygen atoms in total. The molecule has 0 saturated carbocycles. The molecule has 1 atom stereocenters. The van der Waals surface area contributed by atoms with E-state index in [1.165, 1.54) is 0 Å². The van der Waals surface area contributed by atoms with Gasteiger partial charge >= 0.3 is 0 Å². The molecule has 2 heterocycles. The molecule has 0 radical (unpaired) electrons. The van der Waals surface area contributed by atoms with Gasteiger partial charge < -0.3 is 4.90 Å². The summed E-state index contributed by atoms with van der Waals surface area (Å²) in [5, 5.41) is 0. The van der Waals surface area contributed by atoms with Gasteiger partial charge in [-0.25, -0.2) is 0 Å². The summed E-state index contributed by atoms with van der Waals surface area (Å²) in [6, 6.07) is 9.93. The van der Waals surface area contributed by atoms with E-state index in [1.807, 2.05) is 27.7 Å². The Labute approximate surface area is 177 Å². The molecule has 4 rings (SSSR count). The fraction of sp³-hybridized carbons (Fsp3) is 0.320. The molecule has 0 bridgehead atoms. The second-order valence-electron chi connectivity index (χ2n) is 8.83. The summed E-state index contributed by atoms with van der Waals surface area (Å²) in [7, 11) is 0. The van der Waals surface area contributed by atoms with Crippen LogP contribution in [0.4, 0.5) is 5.69 Å². The Balaban J connectivity index is 1.79. The van der Waals surface area contributed by atoms with Gasteiger partial charge in [0, 0.05) is 5.56 Å². The lowest BCUT2D eigenvalue weighted by Crippen LogP contribution is -2.57. The second-order valence-corrected chi connectivity index (χ2v) is 8.83. The van der Waals surface area contributed by atoms with Crippen molar-refractivity contribution < 1.29 is 14.4 Å². The molecule has 0 N–H and O–H groups in total. The number of aryl methyl sites for hydroxylation is 2. The predicted octanol–water partition coefficient (Wildman–Crippen LogP) is 4.52. The molecule has 2 aromatic rings. The van der Waals surface area contributed by atoms with Gasteiger partial charge in [-0.3, -0.25) is 19.3 Å². The molecule has 2 aliphatic heterocycles. The Hall–Kier alpha value is -3.21. The minimum Gasteiger partial charge on any atom is -0.301 e. The average molecular weight is 402 g/mol. The van der Waals surface area contributed by atoms with Crippen LogP contribution in [0.1, 0.15) is 65.1 Å². The Bertz CT molecular complexity index is 1110. The average Bonchev–Trinajstić information content (AvgIpc) is 2.92. The molecule has 0 fully saturated rings. The van der Waals surface area contributed by atoms with Crippen molar-refractivity contribution in [2.24, 2.45) is 0 Å². The minimum atomic E-state index is -0.919. The van der Waals surface area contributed by atoms with E-state index >= 15 is 0 Å². The molecular weight excluding hydrogens is 376 g/mol. The number of hydrogen-bond acceptors (Lipinski definition) is 3. The van der Waals surface area contributed by atoms with E-state index in [9.17, 15) is 14.4 Å². The van der Waals surface area contributed by atoms with Crippen LogP contribution < -0.4 is 4.90 Å².